The number of rotatable bonds is 6. The summed E-state index contributed by atoms with van der Waals surface area (Å²) in [7, 11) is 0. The number of hydrogen-bond acceptors (Lipinski definition) is 4. The largest absolute Gasteiger partial charge is 0.378 e. The fraction of sp³-hybridized carbons (Fsp3) is 0.857. The molecule has 0 atom stereocenters. The third-order valence-corrected chi connectivity index (χ3v) is 2.93. The van der Waals surface area contributed by atoms with Gasteiger partial charge in [-0.2, -0.15) is 0 Å². The molecule has 0 aromatic rings. The van der Waals surface area contributed by atoms with Gasteiger partial charge in [0.05, 0.1) is 19.3 Å². The maximum absolute atomic E-state index is 11.6. The molecule has 1 saturated heterocycles. The van der Waals surface area contributed by atoms with E-state index < -0.39 is 0 Å². The highest BCUT2D eigenvalue weighted by atomic mass is 16.5. The molecule has 0 saturated carbocycles. The van der Waals surface area contributed by atoms with E-state index in [1.165, 1.54) is 0 Å². The molecule has 0 unspecified atom stereocenters. The first kappa shape index (κ1) is 16.9. The van der Waals surface area contributed by atoms with Crippen LogP contribution in [0.15, 0.2) is 0 Å². The number of carbonyl (C=O) groups is 2. The second-order valence-electron chi connectivity index (χ2n) is 6.15. The summed E-state index contributed by atoms with van der Waals surface area (Å²) in [4.78, 5) is 23.1. The van der Waals surface area contributed by atoms with Gasteiger partial charge in [0.2, 0.25) is 11.8 Å². The van der Waals surface area contributed by atoms with Crippen LogP contribution in [0.1, 0.15) is 40.0 Å². The monoisotopic (exact) mass is 285 g/mol. The molecule has 0 aromatic carbocycles. The summed E-state index contributed by atoms with van der Waals surface area (Å²) in [6, 6.07) is 0. The Kier molecular flexibility index (Phi) is 6.95. The summed E-state index contributed by atoms with van der Waals surface area (Å²) in [5.41, 5.74) is -0.278. The Labute approximate surface area is 121 Å². The molecule has 0 spiro atoms. The molecule has 1 rings (SSSR count). The second kappa shape index (κ2) is 8.21. The van der Waals surface area contributed by atoms with Crippen molar-refractivity contribution in [3.05, 3.63) is 0 Å². The van der Waals surface area contributed by atoms with Gasteiger partial charge in [0.25, 0.3) is 0 Å². The fourth-order valence-corrected chi connectivity index (χ4v) is 2.01. The average molecular weight is 285 g/mol. The number of amides is 2. The van der Waals surface area contributed by atoms with Crippen LogP contribution in [0.25, 0.3) is 0 Å². The van der Waals surface area contributed by atoms with Gasteiger partial charge in [0.15, 0.2) is 0 Å². The first-order valence-corrected chi connectivity index (χ1v) is 7.27. The second-order valence-corrected chi connectivity index (χ2v) is 6.15. The van der Waals surface area contributed by atoms with Crippen molar-refractivity contribution in [2.75, 3.05) is 26.2 Å². The molecule has 1 aliphatic heterocycles. The molecule has 116 valence electrons. The van der Waals surface area contributed by atoms with Crippen molar-refractivity contribution in [3.63, 3.8) is 0 Å². The van der Waals surface area contributed by atoms with Crippen LogP contribution >= 0.6 is 0 Å². The summed E-state index contributed by atoms with van der Waals surface area (Å²) < 4.78 is 5.64. The first-order chi connectivity index (χ1) is 9.37. The zero-order valence-corrected chi connectivity index (χ0v) is 12.8. The lowest BCUT2D eigenvalue weighted by atomic mass is 10.1. The van der Waals surface area contributed by atoms with Gasteiger partial charge in [-0.1, -0.05) is 0 Å². The van der Waals surface area contributed by atoms with Gasteiger partial charge in [-0.15, -0.1) is 0 Å². The Hall–Kier alpha value is -1.14. The van der Waals surface area contributed by atoms with Crippen molar-refractivity contribution in [1.82, 2.24) is 16.0 Å². The predicted octanol–water partition coefficient (Wildman–Crippen LogP) is 0.176. The Bertz CT molecular complexity index is 320. The van der Waals surface area contributed by atoms with Crippen LogP contribution in [-0.2, 0) is 14.3 Å². The summed E-state index contributed by atoms with van der Waals surface area (Å²) in [6.07, 6.45) is 2.55. The summed E-state index contributed by atoms with van der Waals surface area (Å²) in [5, 5.41) is 8.65. The van der Waals surface area contributed by atoms with E-state index in [0.717, 1.165) is 25.9 Å². The van der Waals surface area contributed by atoms with E-state index in [1.54, 1.807) is 0 Å². The third kappa shape index (κ3) is 8.12. The van der Waals surface area contributed by atoms with E-state index >= 15 is 0 Å². The van der Waals surface area contributed by atoms with Gasteiger partial charge >= 0.3 is 0 Å². The van der Waals surface area contributed by atoms with Crippen molar-refractivity contribution < 1.29 is 14.3 Å². The summed E-state index contributed by atoms with van der Waals surface area (Å²) in [5.74, 6) is -0.326. The summed E-state index contributed by atoms with van der Waals surface area (Å²) >= 11 is 0. The minimum atomic E-state index is -0.278. The molecule has 0 aliphatic carbocycles. The lowest BCUT2D eigenvalue weighted by Crippen LogP contribution is -2.46. The maximum Gasteiger partial charge on any atom is 0.239 e. The smallest absolute Gasteiger partial charge is 0.239 e. The number of hydrogen-bond donors (Lipinski definition) is 3. The topological polar surface area (TPSA) is 79.5 Å². The van der Waals surface area contributed by atoms with E-state index in [2.05, 4.69) is 16.0 Å². The highest BCUT2D eigenvalue weighted by Gasteiger charge is 2.15. The van der Waals surface area contributed by atoms with Gasteiger partial charge in [-0.05, 0) is 46.7 Å². The normalized spacial score (nSPS) is 16.8. The van der Waals surface area contributed by atoms with Crippen LogP contribution in [0.2, 0.25) is 0 Å². The molecule has 0 aromatic heterocycles. The molecular weight excluding hydrogens is 258 g/mol. The van der Waals surface area contributed by atoms with Crippen molar-refractivity contribution in [2.24, 2.45) is 0 Å². The zero-order valence-electron chi connectivity index (χ0n) is 12.8. The van der Waals surface area contributed by atoms with E-state index in [1.807, 2.05) is 20.8 Å². The molecule has 0 radical (unpaired) electrons. The number of ether oxygens (including phenoxy) is 1. The highest BCUT2D eigenvalue weighted by Crippen LogP contribution is 2.07. The molecular formula is C14H27N3O3. The number of nitrogens with one attached hydrogen (secondary N) is 3. The molecule has 6 heteroatoms. The fourth-order valence-electron chi connectivity index (χ4n) is 2.01. The van der Waals surface area contributed by atoms with E-state index in [9.17, 15) is 9.59 Å². The van der Waals surface area contributed by atoms with Crippen LogP contribution < -0.4 is 16.0 Å². The molecule has 20 heavy (non-hydrogen) atoms. The Morgan fingerprint density at radius 3 is 2.45 bits per heavy atom. The lowest BCUT2D eigenvalue weighted by Gasteiger charge is -2.23. The molecule has 1 heterocycles. The Balaban J connectivity index is 2.06. The van der Waals surface area contributed by atoms with Gasteiger partial charge in [0.1, 0.15) is 0 Å². The van der Waals surface area contributed by atoms with Crippen molar-refractivity contribution in [1.29, 1.82) is 0 Å². The van der Waals surface area contributed by atoms with Crippen LogP contribution in [0.5, 0.6) is 0 Å². The van der Waals surface area contributed by atoms with Gasteiger partial charge in [-0.3, -0.25) is 9.59 Å². The molecule has 6 nitrogen and oxygen atoms in total. The van der Waals surface area contributed by atoms with Crippen molar-refractivity contribution >= 4 is 11.8 Å². The lowest BCUT2D eigenvalue weighted by molar-refractivity contribution is -0.127. The van der Waals surface area contributed by atoms with Gasteiger partial charge < -0.3 is 20.7 Å². The van der Waals surface area contributed by atoms with Crippen LogP contribution in [-0.4, -0.2) is 49.7 Å². The minimum Gasteiger partial charge on any atom is -0.378 e. The minimum absolute atomic E-state index is 0.0173. The summed E-state index contributed by atoms with van der Waals surface area (Å²) in [6.45, 7) is 8.09. The third-order valence-electron chi connectivity index (χ3n) is 2.93. The SMILES string of the molecule is CC(C)(C)NC(=O)CNC(=O)CCOC1CCNCC1. The molecule has 3 N–H and O–H groups in total. The zero-order chi connectivity index (χ0) is 15.0. The first-order valence-electron chi connectivity index (χ1n) is 7.27. The molecule has 1 fully saturated rings. The molecule has 1 aliphatic rings. The quantitative estimate of drug-likeness (QED) is 0.650. The van der Waals surface area contributed by atoms with Gasteiger partial charge in [-0.25, -0.2) is 0 Å². The van der Waals surface area contributed by atoms with Gasteiger partial charge in [0, 0.05) is 12.0 Å². The van der Waals surface area contributed by atoms with E-state index in [0.29, 0.717) is 13.0 Å². The standard InChI is InChI=1S/C14H27N3O3/c1-14(2,3)17-13(19)10-16-12(18)6-9-20-11-4-7-15-8-5-11/h11,15H,4-10H2,1-3H3,(H,16,18)(H,17,19). The predicted molar refractivity (Wildman–Crippen MR) is 77.4 cm³/mol. The number of piperidine rings is 1. The van der Waals surface area contributed by atoms with Crippen molar-refractivity contribution in [2.45, 2.75) is 51.7 Å². The Morgan fingerprint density at radius 1 is 1.20 bits per heavy atom. The van der Waals surface area contributed by atoms with Crippen molar-refractivity contribution in [3.8, 4) is 0 Å². The number of carbonyl (C=O) groups excluding carboxylic acids is 2. The maximum atomic E-state index is 11.6. The van der Waals surface area contributed by atoms with Crippen LogP contribution in [0, 0.1) is 0 Å². The Morgan fingerprint density at radius 2 is 1.85 bits per heavy atom. The molecule has 2 amide bonds. The van der Waals surface area contributed by atoms with Crippen LogP contribution in [0.3, 0.4) is 0 Å². The highest BCUT2D eigenvalue weighted by molar-refractivity contribution is 5.84. The average Bonchev–Trinajstić information content (AvgIpc) is 2.36. The van der Waals surface area contributed by atoms with E-state index in [4.69, 9.17) is 4.74 Å². The van der Waals surface area contributed by atoms with Crippen LogP contribution in [0.4, 0.5) is 0 Å². The molecule has 0 bridgehead atoms. The van der Waals surface area contributed by atoms with E-state index in [-0.39, 0.29) is 30.0 Å².